The summed E-state index contributed by atoms with van der Waals surface area (Å²) < 4.78 is 0. The minimum Gasteiger partial charge on any atom is -0.371 e. The van der Waals surface area contributed by atoms with Crippen LogP contribution in [0.15, 0.2) is 23.9 Å². The SMILES string of the molecule is CCN1C=CC=C(C)C1C. The van der Waals surface area contributed by atoms with Crippen LogP contribution < -0.4 is 0 Å². The standard InChI is InChI=1S/C9H15N/c1-4-10-7-5-6-8(2)9(10)3/h5-7,9H,4H2,1-3H3. The second kappa shape index (κ2) is 2.91. The first-order chi connectivity index (χ1) is 4.75. The minimum absolute atomic E-state index is 0.593. The molecule has 0 aromatic heterocycles. The molecule has 1 rings (SSSR count). The molecule has 0 aliphatic carbocycles. The molecule has 1 atom stereocenters. The molecule has 0 N–H and O–H groups in total. The van der Waals surface area contributed by atoms with Crippen LogP contribution in [0.1, 0.15) is 20.8 Å². The summed E-state index contributed by atoms with van der Waals surface area (Å²) >= 11 is 0. The number of hydrogen-bond acceptors (Lipinski definition) is 1. The number of allylic oxidation sites excluding steroid dienone is 2. The summed E-state index contributed by atoms with van der Waals surface area (Å²) in [6, 6.07) is 0.593. The van der Waals surface area contributed by atoms with Crippen molar-refractivity contribution in [1.82, 2.24) is 4.90 Å². The summed E-state index contributed by atoms with van der Waals surface area (Å²) in [4.78, 5) is 2.33. The van der Waals surface area contributed by atoms with Crippen LogP contribution >= 0.6 is 0 Å². The van der Waals surface area contributed by atoms with Crippen LogP contribution in [0.3, 0.4) is 0 Å². The second-order valence-electron chi connectivity index (χ2n) is 2.76. The fraction of sp³-hybridized carbons (Fsp3) is 0.556. The van der Waals surface area contributed by atoms with Crippen molar-refractivity contribution in [2.24, 2.45) is 0 Å². The molecule has 0 aromatic carbocycles. The van der Waals surface area contributed by atoms with Crippen molar-refractivity contribution in [3.8, 4) is 0 Å². The number of rotatable bonds is 1. The van der Waals surface area contributed by atoms with Gasteiger partial charge in [0.25, 0.3) is 0 Å². The highest BCUT2D eigenvalue weighted by atomic mass is 15.1. The summed E-state index contributed by atoms with van der Waals surface area (Å²) in [5.74, 6) is 0. The maximum atomic E-state index is 2.33. The van der Waals surface area contributed by atoms with Gasteiger partial charge in [0.1, 0.15) is 0 Å². The lowest BCUT2D eigenvalue weighted by Gasteiger charge is -2.29. The largest absolute Gasteiger partial charge is 0.371 e. The molecule has 1 nitrogen and oxygen atoms in total. The monoisotopic (exact) mass is 137 g/mol. The Balaban J connectivity index is 2.68. The van der Waals surface area contributed by atoms with Gasteiger partial charge in [-0.3, -0.25) is 0 Å². The van der Waals surface area contributed by atoms with Crippen molar-refractivity contribution >= 4 is 0 Å². The first-order valence-corrected chi connectivity index (χ1v) is 3.86. The first-order valence-electron chi connectivity index (χ1n) is 3.86. The fourth-order valence-electron chi connectivity index (χ4n) is 1.21. The third-order valence-electron chi connectivity index (χ3n) is 2.16. The molecule has 0 amide bonds. The van der Waals surface area contributed by atoms with Crippen molar-refractivity contribution < 1.29 is 0 Å². The minimum atomic E-state index is 0.593. The Bertz CT molecular complexity index is 168. The molecular weight excluding hydrogens is 122 g/mol. The number of likely N-dealkylation sites (N-methyl/N-ethyl adjacent to an activating group) is 1. The summed E-state index contributed by atoms with van der Waals surface area (Å²) in [7, 11) is 0. The lowest BCUT2D eigenvalue weighted by molar-refractivity contribution is 0.337. The van der Waals surface area contributed by atoms with Crippen LogP contribution in [0.25, 0.3) is 0 Å². The van der Waals surface area contributed by atoms with Gasteiger partial charge in [-0.15, -0.1) is 0 Å². The molecule has 56 valence electrons. The molecule has 10 heavy (non-hydrogen) atoms. The molecule has 0 radical (unpaired) electrons. The Morgan fingerprint density at radius 3 is 2.80 bits per heavy atom. The van der Waals surface area contributed by atoms with E-state index < -0.39 is 0 Å². The average Bonchev–Trinajstić information content (AvgIpc) is 1.95. The predicted molar refractivity (Wildman–Crippen MR) is 44.7 cm³/mol. The Hall–Kier alpha value is -0.720. The van der Waals surface area contributed by atoms with E-state index in [1.54, 1.807) is 0 Å². The highest BCUT2D eigenvalue weighted by molar-refractivity contribution is 5.20. The lowest BCUT2D eigenvalue weighted by atomic mass is 10.1. The molecule has 1 unspecified atom stereocenters. The molecule has 1 heteroatoms. The first kappa shape index (κ1) is 7.39. The van der Waals surface area contributed by atoms with Crippen LogP contribution in [0.4, 0.5) is 0 Å². The smallest absolute Gasteiger partial charge is 0.0468 e. The highest BCUT2D eigenvalue weighted by Gasteiger charge is 2.11. The van der Waals surface area contributed by atoms with Gasteiger partial charge in [0.05, 0.1) is 0 Å². The van der Waals surface area contributed by atoms with Crippen molar-refractivity contribution in [2.45, 2.75) is 26.8 Å². The van der Waals surface area contributed by atoms with Gasteiger partial charge in [0, 0.05) is 12.6 Å². The molecule has 0 spiro atoms. The Kier molecular flexibility index (Phi) is 2.15. The van der Waals surface area contributed by atoms with Crippen LogP contribution in [0, 0.1) is 0 Å². The van der Waals surface area contributed by atoms with E-state index in [-0.39, 0.29) is 0 Å². The maximum absolute atomic E-state index is 2.33. The predicted octanol–water partition coefficient (Wildman–Crippen LogP) is 2.17. The van der Waals surface area contributed by atoms with Gasteiger partial charge in [0.15, 0.2) is 0 Å². The van der Waals surface area contributed by atoms with Gasteiger partial charge in [-0.25, -0.2) is 0 Å². The van der Waals surface area contributed by atoms with Gasteiger partial charge in [0.2, 0.25) is 0 Å². The van der Waals surface area contributed by atoms with E-state index in [1.807, 2.05) is 0 Å². The van der Waals surface area contributed by atoms with Gasteiger partial charge in [-0.05, 0) is 33.0 Å². The molecule has 1 aliphatic heterocycles. The van der Waals surface area contributed by atoms with Crippen molar-refractivity contribution in [2.75, 3.05) is 6.54 Å². The summed E-state index contributed by atoms with van der Waals surface area (Å²) in [6.07, 6.45) is 6.44. The molecular formula is C9H15N. The van der Waals surface area contributed by atoms with Gasteiger partial charge in [-0.1, -0.05) is 11.6 Å². The highest BCUT2D eigenvalue weighted by Crippen LogP contribution is 2.14. The van der Waals surface area contributed by atoms with Crippen LogP contribution in [0.5, 0.6) is 0 Å². The van der Waals surface area contributed by atoms with Crippen molar-refractivity contribution in [3.05, 3.63) is 23.9 Å². The van der Waals surface area contributed by atoms with E-state index in [0.717, 1.165) is 6.54 Å². The number of nitrogens with zero attached hydrogens (tertiary/aromatic N) is 1. The van der Waals surface area contributed by atoms with E-state index in [0.29, 0.717) is 6.04 Å². The second-order valence-corrected chi connectivity index (χ2v) is 2.76. The Morgan fingerprint density at radius 2 is 2.30 bits per heavy atom. The zero-order chi connectivity index (χ0) is 7.56. The fourth-order valence-corrected chi connectivity index (χ4v) is 1.21. The van der Waals surface area contributed by atoms with Crippen LogP contribution in [-0.2, 0) is 0 Å². The van der Waals surface area contributed by atoms with Crippen molar-refractivity contribution in [3.63, 3.8) is 0 Å². The molecule has 0 saturated heterocycles. The summed E-state index contributed by atoms with van der Waals surface area (Å²) in [5, 5.41) is 0. The maximum Gasteiger partial charge on any atom is 0.0468 e. The molecule has 1 aliphatic rings. The van der Waals surface area contributed by atoms with Gasteiger partial charge >= 0.3 is 0 Å². The normalized spacial score (nSPS) is 24.9. The van der Waals surface area contributed by atoms with Gasteiger partial charge < -0.3 is 4.90 Å². The van der Waals surface area contributed by atoms with E-state index >= 15 is 0 Å². The lowest BCUT2D eigenvalue weighted by Crippen LogP contribution is -2.30. The zero-order valence-corrected chi connectivity index (χ0v) is 6.96. The molecule has 1 heterocycles. The van der Waals surface area contributed by atoms with Gasteiger partial charge in [-0.2, -0.15) is 0 Å². The van der Waals surface area contributed by atoms with E-state index in [9.17, 15) is 0 Å². The van der Waals surface area contributed by atoms with Crippen molar-refractivity contribution in [1.29, 1.82) is 0 Å². The third kappa shape index (κ3) is 1.23. The summed E-state index contributed by atoms with van der Waals surface area (Å²) in [5.41, 5.74) is 1.45. The quantitative estimate of drug-likeness (QED) is 0.535. The zero-order valence-electron chi connectivity index (χ0n) is 6.96. The topological polar surface area (TPSA) is 3.24 Å². The summed E-state index contributed by atoms with van der Waals surface area (Å²) in [6.45, 7) is 7.69. The van der Waals surface area contributed by atoms with Crippen LogP contribution in [0.2, 0.25) is 0 Å². The third-order valence-corrected chi connectivity index (χ3v) is 2.16. The molecule has 0 fully saturated rings. The molecule has 0 aromatic rings. The Morgan fingerprint density at radius 1 is 1.60 bits per heavy atom. The molecule has 0 saturated carbocycles. The van der Waals surface area contributed by atoms with Crippen LogP contribution in [-0.4, -0.2) is 17.5 Å². The van der Waals surface area contributed by atoms with E-state index in [1.165, 1.54) is 5.57 Å². The number of hydrogen-bond donors (Lipinski definition) is 0. The van der Waals surface area contributed by atoms with E-state index in [2.05, 4.69) is 44.0 Å². The Labute approximate surface area is 63.0 Å². The van der Waals surface area contributed by atoms with E-state index in [4.69, 9.17) is 0 Å². The molecule has 0 bridgehead atoms. The average molecular weight is 137 g/mol.